The van der Waals surface area contributed by atoms with Crippen LogP contribution >= 0.6 is 7.82 Å². The van der Waals surface area contributed by atoms with Gasteiger partial charge in [0, 0.05) is 18.9 Å². The Kier molecular flexibility index (Phi) is 21.8. The highest BCUT2D eigenvalue weighted by Crippen LogP contribution is 2.38. The van der Waals surface area contributed by atoms with Gasteiger partial charge >= 0.3 is 17.6 Å². The van der Waals surface area contributed by atoms with Gasteiger partial charge in [0.2, 0.25) is 5.52 Å². The molecular formula is C36H61N4O11P. The first kappa shape index (κ1) is 45.2. The first-order chi connectivity index (χ1) is 24.8. The molecule has 2 aromatic rings. The van der Waals surface area contributed by atoms with Gasteiger partial charge in [0.15, 0.2) is 6.10 Å². The number of fused-ring (bicyclic) bond motifs is 1. The molecule has 0 spiro atoms. The molecule has 2 atom stereocenters. The number of rotatable bonds is 31. The van der Waals surface area contributed by atoms with Gasteiger partial charge < -0.3 is 27.9 Å². The third-order valence-electron chi connectivity index (χ3n) is 8.64. The Balaban J connectivity index is 1.74. The van der Waals surface area contributed by atoms with Crippen molar-refractivity contribution < 1.29 is 51.6 Å². The number of unbranched alkanes of at least 4 members (excludes halogenated alkanes) is 14. The number of quaternary nitrogens is 1. The SMILES string of the molecule is CCCCCCCCCCCCCCCC(=O)OC[C@H](COP(=O)([O-])OCC[N+](C)(C)C)OC(=O)CCCCCc1ccc([N+](=O)[O-])c2nonc12. The van der Waals surface area contributed by atoms with Gasteiger partial charge in [0.25, 0.3) is 7.82 Å². The number of aromatic nitrogens is 2. The molecule has 52 heavy (non-hydrogen) atoms. The minimum absolute atomic E-state index is 0.0413. The second-order valence-electron chi connectivity index (χ2n) is 14.4. The van der Waals surface area contributed by atoms with E-state index in [2.05, 4.69) is 17.2 Å². The van der Waals surface area contributed by atoms with Crippen LogP contribution in [0.25, 0.3) is 11.0 Å². The number of nitro benzene ring substituents is 1. The van der Waals surface area contributed by atoms with Crippen molar-refractivity contribution in [3.8, 4) is 0 Å². The summed E-state index contributed by atoms with van der Waals surface area (Å²) in [6, 6.07) is 2.98. The number of aryl methyl sites for hydroxylation is 1. The van der Waals surface area contributed by atoms with E-state index in [9.17, 15) is 29.2 Å². The predicted molar refractivity (Wildman–Crippen MR) is 194 cm³/mol. The van der Waals surface area contributed by atoms with Gasteiger partial charge in [-0.2, -0.15) is 0 Å². The predicted octanol–water partition coefficient (Wildman–Crippen LogP) is 7.38. The first-order valence-corrected chi connectivity index (χ1v) is 20.4. The van der Waals surface area contributed by atoms with Crippen LogP contribution in [0.2, 0.25) is 0 Å². The Morgan fingerprint density at radius 1 is 0.808 bits per heavy atom. The summed E-state index contributed by atoms with van der Waals surface area (Å²) < 4.78 is 38.3. The number of esters is 2. The third-order valence-corrected chi connectivity index (χ3v) is 9.61. The number of ether oxygens (including phenoxy) is 2. The lowest BCUT2D eigenvalue weighted by atomic mass is 10.0. The number of phosphoric acid groups is 1. The van der Waals surface area contributed by atoms with Crippen LogP contribution in [0.5, 0.6) is 0 Å². The van der Waals surface area contributed by atoms with Gasteiger partial charge in [-0.15, -0.1) is 0 Å². The second kappa shape index (κ2) is 25.1. The van der Waals surface area contributed by atoms with Crippen LogP contribution < -0.4 is 4.89 Å². The summed E-state index contributed by atoms with van der Waals surface area (Å²) in [5.74, 6) is -1.04. The molecule has 2 rings (SSSR count). The van der Waals surface area contributed by atoms with Crippen molar-refractivity contribution in [2.45, 2.75) is 135 Å². The highest BCUT2D eigenvalue weighted by molar-refractivity contribution is 7.45. The average molecular weight is 757 g/mol. The quantitative estimate of drug-likeness (QED) is 0.0185. The molecule has 1 aromatic heterocycles. The fourth-order valence-corrected chi connectivity index (χ4v) is 6.29. The van der Waals surface area contributed by atoms with Crippen LogP contribution in [-0.2, 0) is 39.1 Å². The van der Waals surface area contributed by atoms with E-state index in [1.165, 1.54) is 63.9 Å². The number of non-ortho nitro benzene ring substituents is 1. The fourth-order valence-electron chi connectivity index (χ4n) is 5.56. The molecule has 0 fully saturated rings. The maximum absolute atomic E-state index is 12.7. The summed E-state index contributed by atoms with van der Waals surface area (Å²) in [7, 11) is 0.986. The number of hydrogen-bond acceptors (Lipinski definition) is 13. The molecule has 0 amide bonds. The highest BCUT2D eigenvalue weighted by atomic mass is 31.2. The molecule has 0 aliphatic heterocycles. The van der Waals surface area contributed by atoms with E-state index in [4.69, 9.17) is 23.2 Å². The van der Waals surface area contributed by atoms with Crippen molar-refractivity contribution in [2.24, 2.45) is 0 Å². The van der Waals surface area contributed by atoms with Crippen LogP contribution in [0, 0.1) is 10.1 Å². The van der Waals surface area contributed by atoms with Gasteiger partial charge in [-0.25, -0.2) is 4.63 Å². The van der Waals surface area contributed by atoms with E-state index in [1.54, 1.807) is 6.07 Å². The number of nitrogens with zero attached hydrogens (tertiary/aromatic N) is 4. The van der Waals surface area contributed by atoms with E-state index in [1.807, 2.05) is 21.1 Å². The smallest absolute Gasteiger partial charge is 0.306 e. The van der Waals surface area contributed by atoms with Gasteiger partial charge in [-0.3, -0.25) is 24.3 Å². The van der Waals surface area contributed by atoms with Crippen molar-refractivity contribution >= 4 is 36.5 Å². The Bertz CT molecular complexity index is 1380. The van der Waals surface area contributed by atoms with Crippen molar-refractivity contribution in [2.75, 3.05) is 47.5 Å². The van der Waals surface area contributed by atoms with Gasteiger partial charge in [-0.05, 0) is 47.6 Å². The number of hydrogen-bond donors (Lipinski definition) is 0. The number of nitro groups is 1. The number of carbonyl (C=O) groups is 2. The Hall–Kier alpha value is -2.97. The number of carbonyl (C=O) groups excluding carboxylic acids is 2. The number of benzene rings is 1. The molecule has 0 aliphatic rings. The molecule has 0 bridgehead atoms. The summed E-state index contributed by atoms with van der Waals surface area (Å²) >= 11 is 0. The zero-order valence-electron chi connectivity index (χ0n) is 31.7. The number of phosphoric ester groups is 1. The lowest BCUT2D eigenvalue weighted by molar-refractivity contribution is -0.870. The van der Waals surface area contributed by atoms with Crippen LogP contribution in [0.3, 0.4) is 0 Å². The van der Waals surface area contributed by atoms with Crippen LogP contribution in [0.15, 0.2) is 16.8 Å². The molecule has 16 heteroatoms. The van der Waals surface area contributed by atoms with Gasteiger partial charge in [0.1, 0.15) is 25.3 Å². The van der Waals surface area contributed by atoms with Crippen molar-refractivity contribution in [1.82, 2.24) is 10.3 Å². The standard InChI is InChI=1S/C36H61N4O11P/c1-5-6-7-8-9-10-11-12-13-14-15-16-19-22-33(41)47-28-31(29-49-52(45,46)48-27-26-40(2,3)4)50-34(42)23-20-17-18-21-30-24-25-32(39(43)44)36-35(30)37-51-38-36/h24-25,31H,5-23,26-29H2,1-4H3/t31-/m1/s1. The van der Waals surface area contributed by atoms with E-state index >= 15 is 0 Å². The summed E-state index contributed by atoms with van der Waals surface area (Å²) in [5, 5.41) is 18.7. The second-order valence-corrected chi connectivity index (χ2v) is 15.8. The Morgan fingerprint density at radius 2 is 1.37 bits per heavy atom. The molecule has 0 radical (unpaired) electrons. The topological polar surface area (TPSA) is 193 Å². The van der Waals surface area contributed by atoms with Crippen molar-refractivity contribution in [3.05, 3.63) is 27.8 Å². The Labute approximate surface area is 308 Å². The first-order valence-electron chi connectivity index (χ1n) is 19.0. The maximum Gasteiger partial charge on any atom is 0.306 e. The minimum Gasteiger partial charge on any atom is -0.756 e. The molecule has 296 valence electrons. The average Bonchev–Trinajstić information content (AvgIpc) is 3.57. The third kappa shape index (κ3) is 20.3. The van der Waals surface area contributed by atoms with Crippen LogP contribution in [0.1, 0.15) is 128 Å². The lowest BCUT2D eigenvalue weighted by Crippen LogP contribution is -2.37. The molecule has 1 unspecified atom stereocenters. The largest absolute Gasteiger partial charge is 0.756 e. The van der Waals surface area contributed by atoms with Crippen LogP contribution in [0.4, 0.5) is 5.69 Å². The molecule has 0 N–H and O–H groups in total. The van der Waals surface area contributed by atoms with Crippen LogP contribution in [-0.4, -0.2) is 85.3 Å². The molecule has 1 heterocycles. The number of likely N-dealkylation sites (N-methyl/N-ethyl adjacent to an activating group) is 1. The summed E-state index contributed by atoms with van der Waals surface area (Å²) in [5.41, 5.74) is 0.978. The summed E-state index contributed by atoms with van der Waals surface area (Å²) in [4.78, 5) is 48.2. The zero-order valence-corrected chi connectivity index (χ0v) is 32.6. The van der Waals surface area contributed by atoms with E-state index in [-0.39, 0.29) is 37.3 Å². The van der Waals surface area contributed by atoms with E-state index < -0.39 is 37.4 Å². The van der Waals surface area contributed by atoms with E-state index in [0.717, 1.165) is 24.8 Å². The molecule has 1 aromatic carbocycles. The molecule has 0 saturated heterocycles. The molecule has 0 saturated carbocycles. The molecular weight excluding hydrogens is 695 g/mol. The summed E-state index contributed by atoms with van der Waals surface area (Å²) in [6.07, 6.45) is 16.9. The maximum atomic E-state index is 12.7. The summed E-state index contributed by atoms with van der Waals surface area (Å²) in [6.45, 7) is 1.68. The lowest BCUT2D eigenvalue weighted by Gasteiger charge is -2.28. The highest BCUT2D eigenvalue weighted by Gasteiger charge is 2.22. The van der Waals surface area contributed by atoms with Gasteiger partial charge in [0.05, 0.1) is 32.7 Å². The minimum atomic E-state index is -4.69. The van der Waals surface area contributed by atoms with Crippen molar-refractivity contribution in [1.29, 1.82) is 0 Å². The fraction of sp³-hybridized carbons (Fsp3) is 0.778. The van der Waals surface area contributed by atoms with E-state index in [0.29, 0.717) is 48.6 Å². The monoisotopic (exact) mass is 756 g/mol. The molecule has 0 aliphatic carbocycles. The van der Waals surface area contributed by atoms with Crippen molar-refractivity contribution in [3.63, 3.8) is 0 Å². The zero-order chi connectivity index (χ0) is 38.2. The normalized spacial score (nSPS) is 13.6. The van der Waals surface area contributed by atoms with Gasteiger partial charge in [-0.1, -0.05) is 90.4 Å². The Morgan fingerprint density at radius 3 is 1.96 bits per heavy atom. The molecule has 15 nitrogen and oxygen atoms in total.